The number of carbonyl (C=O) groups excluding carboxylic acids is 1. The fraction of sp³-hybridized carbons (Fsp3) is 0.500. The second kappa shape index (κ2) is 5.21. The average molecular weight is 302 g/mol. The number of rotatable bonds is 3. The Balaban J connectivity index is 2.26. The molecular formula is C10H14N4O5S. The third-order valence-electron chi connectivity index (χ3n) is 3.26. The standard InChI is InChI=1S/C10H14N4O5S/c11-8(15)6-1-3-14(4-2-6)20(18,19)7-5-12-10(17)13-9(7)16/h5-6H,1-4H2,(H2,11,15)(H2,12,13,16,17). The maximum Gasteiger partial charge on any atom is 0.325 e. The van der Waals surface area contributed by atoms with E-state index in [0.717, 1.165) is 10.5 Å². The number of hydrogen-bond acceptors (Lipinski definition) is 5. The molecule has 10 heteroatoms. The van der Waals surface area contributed by atoms with Crippen molar-refractivity contribution in [2.75, 3.05) is 13.1 Å². The second-order valence-electron chi connectivity index (χ2n) is 4.52. The number of amides is 1. The van der Waals surface area contributed by atoms with Crippen LogP contribution in [0.3, 0.4) is 0 Å². The molecule has 1 aromatic rings. The summed E-state index contributed by atoms with van der Waals surface area (Å²) in [5, 5.41) is 0. The first-order chi connectivity index (χ1) is 9.32. The molecule has 0 atom stereocenters. The molecule has 1 amide bonds. The molecule has 2 rings (SSSR count). The molecule has 0 saturated carbocycles. The lowest BCUT2D eigenvalue weighted by Gasteiger charge is -2.29. The fourth-order valence-electron chi connectivity index (χ4n) is 2.11. The molecule has 1 aliphatic heterocycles. The molecule has 2 heterocycles. The maximum absolute atomic E-state index is 12.3. The summed E-state index contributed by atoms with van der Waals surface area (Å²) >= 11 is 0. The summed E-state index contributed by atoms with van der Waals surface area (Å²) in [6.45, 7) is 0.211. The first kappa shape index (κ1) is 14.5. The number of carbonyl (C=O) groups is 1. The highest BCUT2D eigenvalue weighted by Crippen LogP contribution is 2.21. The minimum Gasteiger partial charge on any atom is -0.369 e. The molecular weight excluding hydrogens is 288 g/mol. The topological polar surface area (TPSA) is 146 Å². The number of aromatic amines is 2. The van der Waals surface area contributed by atoms with Crippen LogP contribution in [-0.2, 0) is 14.8 Å². The molecule has 0 aromatic carbocycles. The van der Waals surface area contributed by atoms with Gasteiger partial charge in [-0.25, -0.2) is 13.2 Å². The van der Waals surface area contributed by atoms with E-state index in [1.807, 2.05) is 4.98 Å². The van der Waals surface area contributed by atoms with Crippen molar-refractivity contribution in [1.29, 1.82) is 0 Å². The molecule has 0 aliphatic carbocycles. The van der Waals surface area contributed by atoms with Crippen molar-refractivity contribution in [2.45, 2.75) is 17.7 Å². The molecule has 1 fully saturated rings. The monoisotopic (exact) mass is 302 g/mol. The SMILES string of the molecule is NC(=O)C1CCN(S(=O)(=O)c2c[nH]c(=O)[nH]c2=O)CC1. The molecule has 1 saturated heterocycles. The van der Waals surface area contributed by atoms with E-state index in [9.17, 15) is 22.8 Å². The lowest BCUT2D eigenvalue weighted by molar-refractivity contribution is -0.122. The zero-order valence-corrected chi connectivity index (χ0v) is 11.3. The van der Waals surface area contributed by atoms with Crippen LogP contribution in [0.4, 0.5) is 0 Å². The summed E-state index contributed by atoms with van der Waals surface area (Å²) < 4.78 is 25.6. The lowest BCUT2D eigenvalue weighted by Crippen LogP contribution is -2.43. The van der Waals surface area contributed by atoms with Crippen LogP contribution in [-0.4, -0.2) is 41.7 Å². The Morgan fingerprint density at radius 3 is 2.40 bits per heavy atom. The number of hydrogen-bond donors (Lipinski definition) is 3. The van der Waals surface area contributed by atoms with Gasteiger partial charge in [-0.3, -0.25) is 14.6 Å². The van der Waals surface area contributed by atoms with Gasteiger partial charge in [0.05, 0.1) is 0 Å². The number of nitrogens with zero attached hydrogens (tertiary/aromatic N) is 1. The number of piperidine rings is 1. The first-order valence-electron chi connectivity index (χ1n) is 5.94. The molecule has 9 nitrogen and oxygen atoms in total. The quantitative estimate of drug-likeness (QED) is 0.588. The summed E-state index contributed by atoms with van der Waals surface area (Å²) in [6.07, 6.45) is 1.50. The van der Waals surface area contributed by atoms with Gasteiger partial charge in [0.25, 0.3) is 5.56 Å². The highest BCUT2D eigenvalue weighted by molar-refractivity contribution is 7.89. The molecule has 110 valence electrons. The van der Waals surface area contributed by atoms with E-state index >= 15 is 0 Å². The van der Waals surface area contributed by atoms with Crippen molar-refractivity contribution < 1.29 is 13.2 Å². The zero-order chi connectivity index (χ0) is 14.9. The van der Waals surface area contributed by atoms with E-state index in [2.05, 4.69) is 4.98 Å². The molecule has 1 aromatic heterocycles. The molecule has 0 bridgehead atoms. The van der Waals surface area contributed by atoms with Crippen LogP contribution in [0.25, 0.3) is 0 Å². The number of H-pyrrole nitrogens is 2. The Morgan fingerprint density at radius 2 is 1.90 bits per heavy atom. The van der Waals surface area contributed by atoms with E-state index in [1.54, 1.807) is 0 Å². The normalized spacial score (nSPS) is 18.0. The summed E-state index contributed by atoms with van der Waals surface area (Å²) in [4.78, 5) is 36.9. The van der Waals surface area contributed by atoms with Crippen LogP contribution in [0.5, 0.6) is 0 Å². The van der Waals surface area contributed by atoms with E-state index in [-0.39, 0.29) is 19.0 Å². The largest absolute Gasteiger partial charge is 0.369 e. The van der Waals surface area contributed by atoms with E-state index < -0.39 is 32.1 Å². The Hall–Kier alpha value is -1.94. The van der Waals surface area contributed by atoms with Crippen molar-refractivity contribution in [3.63, 3.8) is 0 Å². The van der Waals surface area contributed by atoms with Crippen molar-refractivity contribution >= 4 is 15.9 Å². The van der Waals surface area contributed by atoms with Crippen LogP contribution < -0.4 is 17.0 Å². The van der Waals surface area contributed by atoms with Crippen LogP contribution in [0.15, 0.2) is 20.7 Å². The van der Waals surface area contributed by atoms with Gasteiger partial charge in [-0.2, -0.15) is 4.31 Å². The van der Waals surface area contributed by atoms with Gasteiger partial charge in [0.1, 0.15) is 0 Å². The van der Waals surface area contributed by atoms with E-state index in [4.69, 9.17) is 5.73 Å². The van der Waals surface area contributed by atoms with Gasteiger partial charge >= 0.3 is 5.69 Å². The van der Waals surface area contributed by atoms with Crippen molar-refractivity contribution in [3.05, 3.63) is 27.0 Å². The average Bonchev–Trinajstić information content (AvgIpc) is 2.38. The predicted octanol–water partition coefficient (Wildman–Crippen LogP) is -2.05. The smallest absolute Gasteiger partial charge is 0.325 e. The Kier molecular flexibility index (Phi) is 3.77. The summed E-state index contributed by atoms with van der Waals surface area (Å²) in [5.41, 5.74) is 3.43. The first-order valence-corrected chi connectivity index (χ1v) is 7.38. The number of sulfonamides is 1. The Morgan fingerprint density at radius 1 is 1.30 bits per heavy atom. The Labute approximate surface area is 113 Å². The van der Waals surface area contributed by atoms with Crippen LogP contribution in [0.1, 0.15) is 12.8 Å². The number of nitrogens with two attached hydrogens (primary N) is 1. The van der Waals surface area contributed by atoms with Gasteiger partial charge in [0.15, 0.2) is 4.90 Å². The van der Waals surface area contributed by atoms with E-state index in [0.29, 0.717) is 12.8 Å². The molecule has 1 aliphatic rings. The van der Waals surface area contributed by atoms with Crippen LogP contribution >= 0.6 is 0 Å². The van der Waals surface area contributed by atoms with Gasteiger partial charge in [0.2, 0.25) is 15.9 Å². The lowest BCUT2D eigenvalue weighted by atomic mass is 9.98. The van der Waals surface area contributed by atoms with Gasteiger partial charge in [-0.1, -0.05) is 0 Å². The molecule has 0 radical (unpaired) electrons. The summed E-state index contributed by atoms with van der Waals surface area (Å²) in [7, 11) is -3.99. The second-order valence-corrected chi connectivity index (χ2v) is 6.42. The summed E-state index contributed by atoms with van der Waals surface area (Å²) in [6, 6.07) is 0. The van der Waals surface area contributed by atoms with E-state index in [1.165, 1.54) is 0 Å². The fourth-order valence-corrected chi connectivity index (χ4v) is 3.57. The van der Waals surface area contributed by atoms with Gasteiger partial charge in [-0.15, -0.1) is 0 Å². The third kappa shape index (κ3) is 2.65. The molecule has 4 N–H and O–H groups in total. The maximum atomic E-state index is 12.3. The molecule has 0 unspecified atom stereocenters. The van der Waals surface area contributed by atoms with Crippen molar-refractivity contribution in [2.24, 2.45) is 11.7 Å². The van der Waals surface area contributed by atoms with Crippen LogP contribution in [0.2, 0.25) is 0 Å². The predicted molar refractivity (Wildman–Crippen MR) is 68.4 cm³/mol. The third-order valence-corrected chi connectivity index (χ3v) is 5.16. The highest BCUT2D eigenvalue weighted by Gasteiger charge is 2.32. The van der Waals surface area contributed by atoms with Gasteiger partial charge in [0, 0.05) is 25.2 Å². The number of primary amides is 1. The van der Waals surface area contributed by atoms with Gasteiger partial charge in [-0.05, 0) is 12.8 Å². The van der Waals surface area contributed by atoms with Crippen molar-refractivity contribution in [3.8, 4) is 0 Å². The highest BCUT2D eigenvalue weighted by atomic mass is 32.2. The zero-order valence-electron chi connectivity index (χ0n) is 10.5. The van der Waals surface area contributed by atoms with Gasteiger partial charge < -0.3 is 10.7 Å². The number of nitrogens with one attached hydrogen (secondary N) is 2. The molecule has 0 spiro atoms. The van der Waals surface area contributed by atoms with Crippen LogP contribution in [0, 0.1) is 5.92 Å². The minimum absolute atomic E-state index is 0.106. The molecule has 20 heavy (non-hydrogen) atoms. The summed E-state index contributed by atoms with van der Waals surface area (Å²) in [5.74, 6) is -0.806. The minimum atomic E-state index is -3.99. The Bertz CT molecular complexity index is 727. The van der Waals surface area contributed by atoms with Crippen molar-refractivity contribution in [1.82, 2.24) is 14.3 Å². The number of aromatic nitrogens is 2.